The summed E-state index contributed by atoms with van der Waals surface area (Å²) in [6.07, 6.45) is 2.48. The summed E-state index contributed by atoms with van der Waals surface area (Å²) >= 11 is 0. The van der Waals surface area contributed by atoms with Crippen molar-refractivity contribution in [2.75, 3.05) is 10.3 Å². The molecule has 10 rings (SSSR count). The third-order valence-electron chi connectivity index (χ3n) is 12.3. The topological polar surface area (TPSA) is 133 Å². The second kappa shape index (κ2) is 12.6. The van der Waals surface area contributed by atoms with Crippen molar-refractivity contribution in [2.45, 2.75) is 31.1 Å². The second-order valence-electron chi connectivity index (χ2n) is 15.2. The molecule has 6 atom stereocenters. The van der Waals surface area contributed by atoms with Crippen LogP contribution in [0, 0.1) is 30.6 Å². The summed E-state index contributed by atoms with van der Waals surface area (Å²) in [5, 5.41) is 12.0. The molecule has 0 spiro atoms. The third-order valence-corrected chi connectivity index (χ3v) is 12.3. The van der Waals surface area contributed by atoms with Gasteiger partial charge < -0.3 is 9.52 Å². The van der Waals surface area contributed by atoms with Crippen LogP contribution in [0.3, 0.4) is 0 Å². The van der Waals surface area contributed by atoms with E-state index >= 15 is 4.79 Å². The molecule has 4 amide bonds. The molecule has 4 aliphatic rings. The Hall–Kier alpha value is -6.81. The quantitative estimate of drug-likeness (QED) is 0.131. The number of aromatic nitrogens is 1. The van der Waals surface area contributed by atoms with E-state index in [0.29, 0.717) is 39.5 Å². The number of amides is 4. The first kappa shape index (κ1) is 33.7. The van der Waals surface area contributed by atoms with Crippen LogP contribution in [0.1, 0.15) is 35.4 Å². The number of aromatic hydroxyl groups is 1. The molecule has 6 aromatic rings. The maximum absolute atomic E-state index is 15.3. The Morgan fingerprint density at radius 2 is 1.54 bits per heavy atom. The molecule has 2 aliphatic heterocycles. The zero-order valence-electron chi connectivity index (χ0n) is 30.3. The predicted octanol–water partition coefficient (Wildman–Crippen LogP) is 7.70. The lowest BCUT2D eigenvalue weighted by Crippen LogP contribution is -2.53. The summed E-state index contributed by atoms with van der Waals surface area (Å²) < 4.78 is 5.95. The van der Waals surface area contributed by atoms with Gasteiger partial charge in [0.2, 0.25) is 17.7 Å². The normalized spacial score (nSPS) is 25.6. The minimum absolute atomic E-state index is 0.0182. The first-order chi connectivity index (χ1) is 27.2. The first-order valence-corrected chi connectivity index (χ1v) is 18.8. The van der Waals surface area contributed by atoms with Crippen molar-refractivity contribution < 1.29 is 28.7 Å². The molecule has 0 radical (unpaired) electrons. The number of oxazole rings is 1. The highest BCUT2D eigenvalue weighted by Gasteiger charge is 2.70. The van der Waals surface area contributed by atoms with Crippen molar-refractivity contribution in [1.29, 1.82) is 0 Å². The van der Waals surface area contributed by atoms with Crippen LogP contribution < -0.4 is 10.3 Å². The number of anilines is 2. The summed E-state index contributed by atoms with van der Waals surface area (Å²) in [5.74, 6) is -4.55. The van der Waals surface area contributed by atoms with Gasteiger partial charge in [0.05, 0.1) is 34.5 Å². The first-order valence-electron chi connectivity index (χ1n) is 18.8. The molecule has 6 unspecified atom stereocenters. The number of hydrogen-bond acceptors (Lipinski definition) is 8. The number of carbonyl (C=O) groups excluding carboxylic acids is 4. The lowest BCUT2D eigenvalue weighted by molar-refractivity contribution is -0.138. The number of rotatable bonds is 6. The number of hydrazine groups is 1. The summed E-state index contributed by atoms with van der Waals surface area (Å²) in [4.78, 5) is 65.0. The van der Waals surface area contributed by atoms with Crippen LogP contribution in [-0.4, -0.2) is 38.7 Å². The molecule has 1 aromatic heterocycles. The van der Waals surface area contributed by atoms with Crippen LogP contribution in [-0.2, 0) is 24.6 Å². The number of aryl methyl sites for hydroxylation is 1. The second-order valence-corrected chi connectivity index (χ2v) is 15.2. The Morgan fingerprint density at radius 1 is 0.786 bits per heavy atom. The van der Waals surface area contributed by atoms with Crippen molar-refractivity contribution >= 4 is 46.1 Å². The molecular weight excluding hydrogens is 705 g/mol. The number of carbonyl (C=O) groups is 4. The minimum Gasteiger partial charge on any atom is -0.508 e. The summed E-state index contributed by atoms with van der Waals surface area (Å²) in [6.45, 7) is 1.96. The molecular formula is C46H36N4O6. The fraction of sp³-hybridized carbons (Fsp3) is 0.196. The Kier molecular flexibility index (Phi) is 7.61. The highest BCUT2D eigenvalue weighted by Crippen LogP contribution is 2.64. The number of allylic oxidation sites excluding steroid dienone is 2. The van der Waals surface area contributed by atoms with E-state index in [2.05, 4.69) is 10.4 Å². The number of hydrogen-bond donors (Lipinski definition) is 2. The molecule has 10 nitrogen and oxygen atoms in total. The molecule has 2 saturated heterocycles. The number of phenolic OH excluding ortho intramolecular Hbond substituents is 1. The highest BCUT2D eigenvalue weighted by molar-refractivity contribution is 6.22. The van der Waals surface area contributed by atoms with Crippen LogP contribution in [0.4, 0.5) is 11.4 Å². The monoisotopic (exact) mass is 740 g/mol. The maximum Gasteiger partial charge on any atom is 0.260 e. The number of para-hydroxylation sites is 2. The van der Waals surface area contributed by atoms with Crippen LogP contribution in [0.2, 0.25) is 0 Å². The van der Waals surface area contributed by atoms with Crippen LogP contribution in [0.15, 0.2) is 143 Å². The van der Waals surface area contributed by atoms with Gasteiger partial charge >= 0.3 is 0 Å². The summed E-state index contributed by atoms with van der Waals surface area (Å²) in [6, 6.07) is 38.1. The van der Waals surface area contributed by atoms with Gasteiger partial charge in [0.15, 0.2) is 5.58 Å². The minimum atomic E-state index is -1.41. The fourth-order valence-corrected chi connectivity index (χ4v) is 9.83. The largest absolute Gasteiger partial charge is 0.508 e. The van der Waals surface area contributed by atoms with Crippen LogP contribution >= 0.6 is 0 Å². The van der Waals surface area contributed by atoms with E-state index in [1.54, 1.807) is 42.5 Å². The standard InChI is InChI=1S/C46H36N4O6/c1-26-14-18-30(19-15-26)48-50-43(53)36-25-35-33(40(28-8-7-11-32(51)24-28)46(36,45(50)55)29-9-3-2-4-10-29)22-23-34-39(35)44(54)49(42(34)52)31-20-16-27(17-21-31)41-47-37-12-5-6-13-38(37)56-41/h2-22,24,34-36,39-40,48,51H,23,25H2,1H3. The molecule has 2 aliphatic carbocycles. The molecule has 3 fully saturated rings. The Labute approximate surface area is 322 Å². The smallest absolute Gasteiger partial charge is 0.260 e. The van der Waals surface area contributed by atoms with Crippen molar-refractivity contribution in [3.63, 3.8) is 0 Å². The molecule has 3 heterocycles. The van der Waals surface area contributed by atoms with E-state index in [9.17, 15) is 19.5 Å². The molecule has 276 valence electrons. The van der Waals surface area contributed by atoms with Gasteiger partial charge in [0.1, 0.15) is 11.3 Å². The zero-order valence-corrected chi connectivity index (χ0v) is 30.3. The van der Waals surface area contributed by atoms with E-state index in [-0.39, 0.29) is 30.4 Å². The van der Waals surface area contributed by atoms with Gasteiger partial charge in [-0.1, -0.05) is 83.9 Å². The van der Waals surface area contributed by atoms with E-state index in [1.165, 1.54) is 4.90 Å². The molecule has 5 aromatic carbocycles. The average molecular weight is 741 g/mol. The lowest BCUT2D eigenvalue weighted by Gasteiger charge is -2.50. The van der Waals surface area contributed by atoms with Crippen molar-refractivity contribution in [2.24, 2.45) is 23.7 Å². The van der Waals surface area contributed by atoms with Crippen molar-refractivity contribution in [3.8, 4) is 17.2 Å². The van der Waals surface area contributed by atoms with Gasteiger partial charge in [-0.05, 0) is 97.5 Å². The Morgan fingerprint density at radius 3 is 2.29 bits per heavy atom. The van der Waals surface area contributed by atoms with Gasteiger partial charge in [-0.25, -0.2) is 4.98 Å². The van der Waals surface area contributed by atoms with Gasteiger partial charge in [-0.15, -0.1) is 0 Å². The van der Waals surface area contributed by atoms with E-state index in [4.69, 9.17) is 4.42 Å². The number of benzene rings is 5. The number of nitrogens with zero attached hydrogens (tertiary/aromatic N) is 3. The zero-order chi connectivity index (χ0) is 38.3. The van der Waals surface area contributed by atoms with Crippen LogP contribution in [0.25, 0.3) is 22.6 Å². The predicted molar refractivity (Wildman–Crippen MR) is 209 cm³/mol. The average Bonchev–Trinajstić information content (AvgIpc) is 3.83. The maximum atomic E-state index is 15.3. The highest BCUT2D eigenvalue weighted by atomic mass is 16.3. The molecule has 1 saturated carbocycles. The van der Waals surface area contributed by atoms with Gasteiger partial charge in [-0.2, -0.15) is 5.01 Å². The van der Waals surface area contributed by atoms with E-state index in [1.807, 2.05) is 97.9 Å². The number of nitrogens with one attached hydrogen (secondary N) is 1. The third kappa shape index (κ3) is 4.91. The molecule has 0 bridgehead atoms. The number of imide groups is 2. The van der Waals surface area contributed by atoms with Gasteiger partial charge in [0, 0.05) is 11.5 Å². The lowest BCUT2D eigenvalue weighted by atomic mass is 9.49. The molecule has 56 heavy (non-hydrogen) atoms. The van der Waals surface area contributed by atoms with Gasteiger partial charge in [0.25, 0.3) is 11.8 Å². The fourth-order valence-electron chi connectivity index (χ4n) is 9.83. The Balaban J connectivity index is 1.06. The van der Waals surface area contributed by atoms with Gasteiger partial charge in [-0.3, -0.25) is 29.5 Å². The van der Waals surface area contributed by atoms with Crippen molar-refractivity contribution in [1.82, 2.24) is 9.99 Å². The van der Waals surface area contributed by atoms with Crippen LogP contribution in [0.5, 0.6) is 5.75 Å². The van der Waals surface area contributed by atoms with Crippen molar-refractivity contribution in [3.05, 3.63) is 156 Å². The SMILES string of the molecule is Cc1ccc(NN2C(=O)C3CC4C(=CCC5C(=O)N(c6ccc(-c7nc8ccccc8o7)cc6)C(=O)C54)C(c4cccc(O)c4)C3(c3ccccc3)C2=O)cc1. The summed E-state index contributed by atoms with van der Waals surface area (Å²) in [5.41, 5.74) is 8.00. The number of phenols is 1. The van der Waals surface area contributed by atoms with E-state index < -0.39 is 46.8 Å². The van der Waals surface area contributed by atoms with E-state index in [0.717, 1.165) is 21.7 Å². The number of fused-ring (bicyclic) bond motifs is 5. The summed E-state index contributed by atoms with van der Waals surface area (Å²) in [7, 11) is 0. The molecule has 2 N–H and O–H groups in total. The molecule has 10 heteroatoms. The Bertz CT molecular complexity index is 2580.